The predicted molar refractivity (Wildman–Crippen MR) is 59.3 cm³/mol. The molecule has 1 aliphatic heterocycles. The van der Waals surface area contributed by atoms with Crippen LogP contribution in [0.3, 0.4) is 0 Å². The molecule has 0 aliphatic carbocycles. The molecule has 0 unspecified atom stereocenters. The molecule has 5 nitrogen and oxygen atoms in total. The molecule has 1 aromatic heterocycles. The van der Waals surface area contributed by atoms with E-state index in [-0.39, 0.29) is 6.42 Å². The van der Waals surface area contributed by atoms with E-state index in [1.807, 2.05) is 4.68 Å². The maximum Gasteiger partial charge on any atom is 0.309 e. The molecule has 0 spiro atoms. The van der Waals surface area contributed by atoms with Crippen molar-refractivity contribution in [1.82, 2.24) is 14.7 Å². The minimum Gasteiger partial charge on any atom is -0.481 e. The van der Waals surface area contributed by atoms with E-state index in [9.17, 15) is 4.79 Å². The molecule has 2 rings (SSSR count). The van der Waals surface area contributed by atoms with Gasteiger partial charge in [-0.1, -0.05) is 0 Å². The predicted octanol–water partition coefficient (Wildman–Crippen LogP) is 0.777. The Morgan fingerprint density at radius 1 is 1.56 bits per heavy atom. The minimum atomic E-state index is -0.797. The molecule has 0 saturated carbocycles. The second kappa shape index (κ2) is 4.65. The van der Waals surface area contributed by atoms with Crippen LogP contribution in [0.1, 0.15) is 24.6 Å². The molecule has 0 bridgehead atoms. The number of nitrogens with zero attached hydrogens (tertiary/aromatic N) is 3. The van der Waals surface area contributed by atoms with E-state index in [1.165, 1.54) is 0 Å². The highest BCUT2D eigenvalue weighted by Gasteiger charge is 2.21. The summed E-state index contributed by atoms with van der Waals surface area (Å²) in [6.07, 6.45) is 3.85. The van der Waals surface area contributed by atoms with Gasteiger partial charge in [-0.25, -0.2) is 0 Å². The number of hydrogen-bond acceptors (Lipinski definition) is 3. The van der Waals surface area contributed by atoms with E-state index in [1.54, 1.807) is 12.3 Å². The van der Waals surface area contributed by atoms with Crippen molar-refractivity contribution in [1.29, 1.82) is 0 Å². The van der Waals surface area contributed by atoms with Crippen molar-refractivity contribution in [3.05, 3.63) is 18.0 Å². The van der Waals surface area contributed by atoms with Gasteiger partial charge in [0.25, 0.3) is 0 Å². The number of likely N-dealkylation sites (tertiary alicyclic amines) is 1. The summed E-state index contributed by atoms with van der Waals surface area (Å²) in [5.41, 5.74) is 0.807. The number of carboxylic acids is 1. The van der Waals surface area contributed by atoms with E-state index >= 15 is 0 Å². The smallest absolute Gasteiger partial charge is 0.309 e. The van der Waals surface area contributed by atoms with Gasteiger partial charge in [-0.15, -0.1) is 0 Å². The average Bonchev–Trinajstić information content (AvgIpc) is 2.66. The van der Waals surface area contributed by atoms with Gasteiger partial charge in [0, 0.05) is 11.9 Å². The number of piperidine rings is 1. The molecule has 16 heavy (non-hydrogen) atoms. The molecule has 1 saturated heterocycles. The van der Waals surface area contributed by atoms with Crippen LogP contribution in [0.25, 0.3) is 0 Å². The summed E-state index contributed by atoms with van der Waals surface area (Å²) < 4.78 is 1.89. The number of carboxylic acid groups (broad SMARTS) is 1. The highest BCUT2D eigenvalue weighted by atomic mass is 16.4. The maximum absolute atomic E-state index is 10.7. The van der Waals surface area contributed by atoms with E-state index < -0.39 is 5.97 Å². The lowest BCUT2D eigenvalue weighted by Gasteiger charge is -2.29. The van der Waals surface area contributed by atoms with Gasteiger partial charge in [0.1, 0.15) is 0 Å². The van der Waals surface area contributed by atoms with Gasteiger partial charge >= 0.3 is 5.97 Å². The van der Waals surface area contributed by atoms with Crippen molar-refractivity contribution in [3.8, 4) is 0 Å². The standard InChI is InChI=1S/C11H17N3O2/c1-13-6-3-9(4-7-13)14-10(2-5-12-14)8-11(15)16/h2,5,9H,3-4,6-8H2,1H3,(H,15,16). The summed E-state index contributed by atoms with van der Waals surface area (Å²) >= 11 is 0. The van der Waals surface area contributed by atoms with E-state index in [2.05, 4.69) is 17.0 Å². The van der Waals surface area contributed by atoms with Crippen molar-refractivity contribution < 1.29 is 9.90 Å². The highest BCUT2D eigenvalue weighted by Crippen LogP contribution is 2.22. The second-order valence-corrected chi connectivity index (χ2v) is 4.37. The Bertz CT molecular complexity index is 367. The number of carbonyl (C=O) groups is 1. The van der Waals surface area contributed by atoms with Crippen molar-refractivity contribution in [2.24, 2.45) is 0 Å². The van der Waals surface area contributed by atoms with Crippen molar-refractivity contribution in [2.75, 3.05) is 20.1 Å². The van der Waals surface area contributed by atoms with Crippen LogP contribution in [-0.2, 0) is 11.2 Å². The first-order valence-electron chi connectivity index (χ1n) is 5.59. The van der Waals surface area contributed by atoms with Gasteiger partial charge < -0.3 is 10.0 Å². The van der Waals surface area contributed by atoms with Gasteiger partial charge in [-0.3, -0.25) is 9.48 Å². The molecule has 5 heteroatoms. The monoisotopic (exact) mass is 223 g/mol. The third kappa shape index (κ3) is 2.41. The van der Waals surface area contributed by atoms with Gasteiger partial charge in [0.05, 0.1) is 12.5 Å². The van der Waals surface area contributed by atoms with Crippen LogP contribution in [0.4, 0.5) is 0 Å². The van der Waals surface area contributed by atoms with Gasteiger partial charge in [0.2, 0.25) is 0 Å². The average molecular weight is 223 g/mol. The Morgan fingerprint density at radius 2 is 2.25 bits per heavy atom. The molecule has 0 atom stereocenters. The van der Waals surface area contributed by atoms with Crippen LogP contribution >= 0.6 is 0 Å². The minimum absolute atomic E-state index is 0.0618. The molecule has 0 aromatic carbocycles. The Labute approximate surface area is 94.7 Å². The number of aromatic nitrogens is 2. The Balaban J connectivity index is 2.08. The van der Waals surface area contributed by atoms with Crippen molar-refractivity contribution in [2.45, 2.75) is 25.3 Å². The summed E-state index contributed by atoms with van der Waals surface area (Å²) in [5.74, 6) is -0.797. The summed E-state index contributed by atoms with van der Waals surface area (Å²) in [4.78, 5) is 13.0. The fourth-order valence-electron chi connectivity index (χ4n) is 2.20. The molecule has 1 aliphatic rings. The number of aliphatic carboxylic acids is 1. The quantitative estimate of drug-likeness (QED) is 0.822. The van der Waals surface area contributed by atoms with E-state index in [0.717, 1.165) is 31.6 Å². The molecule has 1 N–H and O–H groups in total. The maximum atomic E-state index is 10.7. The third-order valence-electron chi connectivity index (χ3n) is 3.12. The third-order valence-corrected chi connectivity index (χ3v) is 3.12. The topological polar surface area (TPSA) is 58.4 Å². The Kier molecular flexibility index (Phi) is 3.24. The Hall–Kier alpha value is -1.36. The van der Waals surface area contributed by atoms with Crippen LogP contribution in [0, 0.1) is 0 Å². The molecule has 1 aromatic rings. The summed E-state index contributed by atoms with van der Waals surface area (Å²) in [6, 6.07) is 2.16. The van der Waals surface area contributed by atoms with E-state index in [4.69, 9.17) is 5.11 Å². The van der Waals surface area contributed by atoms with Gasteiger partial charge in [-0.05, 0) is 39.0 Å². The van der Waals surface area contributed by atoms with Gasteiger partial charge in [-0.2, -0.15) is 5.10 Å². The van der Waals surface area contributed by atoms with Crippen molar-refractivity contribution >= 4 is 5.97 Å². The van der Waals surface area contributed by atoms with Crippen LogP contribution in [-0.4, -0.2) is 45.9 Å². The van der Waals surface area contributed by atoms with Crippen LogP contribution in [0.5, 0.6) is 0 Å². The SMILES string of the molecule is CN1CCC(n2nccc2CC(=O)O)CC1. The molecule has 1 fully saturated rings. The molecule has 0 radical (unpaired) electrons. The Morgan fingerprint density at radius 3 is 2.88 bits per heavy atom. The molecule has 2 heterocycles. The first kappa shape index (κ1) is 11.1. The molecular weight excluding hydrogens is 206 g/mol. The largest absolute Gasteiger partial charge is 0.481 e. The van der Waals surface area contributed by atoms with Crippen LogP contribution in [0.2, 0.25) is 0 Å². The first-order valence-corrected chi connectivity index (χ1v) is 5.59. The van der Waals surface area contributed by atoms with Crippen LogP contribution in [0.15, 0.2) is 12.3 Å². The summed E-state index contributed by atoms with van der Waals surface area (Å²) in [7, 11) is 2.11. The van der Waals surface area contributed by atoms with E-state index in [0.29, 0.717) is 6.04 Å². The zero-order chi connectivity index (χ0) is 11.5. The molecule has 0 amide bonds. The fourth-order valence-corrected chi connectivity index (χ4v) is 2.20. The number of hydrogen-bond donors (Lipinski definition) is 1. The zero-order valence-electron chi connectivity index (χ0n) is 9.46. The lowest BCUT2D eigenvalue weighted by atomic mass is 10.1. The van der Waals surface area contributed by atoms with Gasteiger partial charge in [0.15, 0.2) is 0 Å². The van der Waals surface area contributed by atoms with Crippen molar-refractivity contribution in [3.63, 3.8) is 0 Å². The lowest BCUT2D eigenvalue weighted by molar-refractivity contribution is -0.136. The normalized spacial score (nSPS) is 18.8. The number of rotatable bonds is 3. The lowest BCUT2D eigenvalue weighted by Crippen LogP contribution is -2.32. The summed E-state index contributed by atoms with van der Waals surface area (Å²) in [5, 5.41) is 13.1. The molecular formula is C11H17N3O2. The van der Waals surface area contributed by atoms with Crippen LogP contribution < -0.4 is 0 Å². The molecule has 88 valence electrons. The fraction of sp³-hybridized carbons (Fsp3) is 0.636. The zero-order valence-corrected chi connectivity index (χ0v) is 9.46. The first-order chi connectivity index (χ1) is 7.66. The highest BCUT2D eigenvalue weighted by molar-refractivity contribution is 5.69. The second-order valence-electron chi connectivity index (χ2n) is 4.37. The summed E-state index contributed by atoms with van der Waals surface area (Å²) in [6.45, 7) is 2.11.